The van der Waals surface area contributed by atoms with Crippen LogP contribution < -0.4 is 4.74 Å². The number of rotatable bonds is 2. The van der Waals surface area contributed by atoms with Crippen LogP contribution in [0.4, 0.5) is 0 Å². The van der Waals surface area contributed by atoms with E-state index in [1.165, 1.54) is 0 Å². The summed E-state index contributed by atoms with van der Waals surface area (Å²) in [5.74, 6) is 1.48. The summed E-state index contributed by atoms with van der Waals surface area (Å²) in [4.78, 5) is 16.9. The summed E-state index contributed by atoms with van der Waals surface area (Å²) in [5.41, 5.74) is 1.56. The standard InChI is InChI=1S/C15H19NO3/c1-7-13(8(2)17)10-6-11-9(15(18)14(7)10)4-5-12(16-11)19-3/h4-5,7-8,10,13-14,17H,6H2,1-3H3/t7-,8?,10-,13+,14+/m1/s1. The molecule has 1 aromatic rings. The first-order chi connectivity index (χ1) is 9.04. The molecule has 1 N–H and O–H groups in total. The topological polar surface area (TPSA) is 59.4 Å². The van der Waals surface area contributed by atoms with Gasteiger partial charge in [0.1, 0.15) is 0 Å². The molecule has 19 heavy (non-hydrogen) atoms. The number of ketones is 1. The molecular formula is C15H19NO3. The lowest BCUT2D eigenvalue weighted by atomic mass is 9.50. The van der Waals surface area contributed by atoms with Gasteiger partial charge in [-0.1, -0.05) is 6.92 Å². The Labute approximate surface area is 112 Å². The number of hydrogen-bond donors (Lipinski definition) is 1. The number of carbonyl (C=O) groups excluding carboxylic acids is 1. The zero-order valence-electron chi connectivity index (χ0n) is 11.5. The second-order valence-electron chi connectivity index (χ2n) is 5.78. The molecule has 1 unspecified atom stereocenters. The number of pyridine rings is 1. The predicted octanol–water partition coefficient (Wildman–Crippen LogP) is 1.71. The first-order valence-corrected chi connectivity index (χ1v) is 6.80. The van der Waals surface area contributed by atoms with Gasteiger partial charge >= 0.3 is 0 Å². The van der Waals surface area contributed by atoms with E-state index in [0.717, 1.165) is 17.7 Å². The number of carbonyl (C=O) groups is 1. The number of fused-ring (bicyclic) bond motifs is 2. The minimum absolute atomic E-state index is 0.0577. The van der Waals surface area contributed by atoms with Gasteiger partial charge in [-0.3, -0.25) is 4.79 Å². The van der Waals surface area contributed by atoms with E-state index in [9.17, 15) is 9.90 Å². The number of methoxy groups -OCH3 is 1. The highest BCUT2D eigenvalue weighted by Gasteiger charge is 2.55. The summed E-state index contributed by atoms with van der Waals surface area (Å²) < 4.78 is 5.12. The number of ether oxygens (including phenoxy) is 1. The van der Waals surface area contributed by atoms with Crippen molar-refractivity contribution in [3.63, 3.8) is 0 Å². The molecule has 102 valence electrons. The molecule has 2 aliphatic rings. The highest BCUT2D eigenvalue weighted by atomic mass is 16.5. The van der Waals surface area contributed by atoms with Crippen LogP contribution >= 0.6 is 0 Å². The van der Waals surface area contributed by atoms with Crippen molar-refractivity contribution in [1.82, 2.24) is 4.98 Å². The third-order valence-electron chi connectivity index (χ3n) is 4.84. The van der Waals surface area contributed by atoms with Crippen molar-refractivity contribution in [3.8, 4) is 5.88 Å². The lowest BCUT2D eigenvalue weighted by molar-refractivity contribution is -0.0692. The molecule has 1 fully saturated rings. The van der Waals surface area contributed by atoms with E-state index in [2.05, 4.69) is 11.9 Å². The molecule has 0 aromatic carbocycles. The van der Waals surface area contributed by atoms with Crippen molar-refractivity contribution < 1.29 is 14.6 Å². The Kier molecular flexibility index (Phi) is 2.86. The van der Waals surface area contributed by atoms with Crippen LogP contribution in [-0.2, 0) is 6.42 Å². The van der Waals surface area contributed by atoms with E-state index >= 15 is 0 Å². The quantitative estimate of drug-likeness (QED) is 0.880. The fourth-order valence-electron chi connectivity index (χ4n) is 3.98. The molecule has 2 aliphatic carbocycles. The lowest BCUT2D eigenvalue weighted by Crippen LogP contribution is -2.56. The molecule has 1 heterocycles. The van der Waals surface area contributed by atoms with Crippen molar-refractivity contribution in [2.75, 3.05) is 7.11 Å². The Morgan fingerprint density at radius 3 is 2.84 bits per heavy atom. The smallest absolute Gasteiger partial charge is 0.213 e. The summed E-state index contributed by atoms with van der Waals surface area (Å²) in [5, 5.41) is 9.86. The van der Waals surface area contributed by atoms with E-state index < -0.39 is 0 Å². The van der Waals surface area contributed by atoms with Crippen molar-refractivity contribution in [2.45, 2.75) is 26.4 Å². The number of nitrogens with zero attached hydrogens (tertiary/aromatic N) is 1. The number of aliphatic hydroxyl groups excluding tert-OH is 1. The monoisotopic (exact) mass is 261 g/mol. The maximum atomic E-state index is 12.5. The van der Waals surface area contributed by atoms with Gasteiger partial charge in [0.2, 0.25) is 5.88 Å². The fraction of sp³-hybridized carbons (Fsp3) is 0.600. The largest absolute Gasteiger partial charge is 0.481 e. The highest BCUT2D eigenvalue weighted by Crippen LogP contribution is 2.53. The van der Waals surface area contributed by atoms with Crippen LogP contribution in [0.15, 0.2) is 12.1 Å². The lowest BCUT2D eigenvalue weighted by Gasteiger charge is -2.53. The van der Waals surface area contributed by atoms with Gasteiger partial charge in [-0.25, -0.2) is 4.98 Å². The molecule has 0 amide bonds. The maximum absolute atomic E-state index is 12.5. The Hall–Kier alpha value is -1.42. The van der Waals surface area contributed by atoms with Crippen LogP contribution in [0.1, 0.15) is 29.9 Å². The van der Waals surface area contributed by atoms with Crippen LogP contribution in [-0.4, -0.2) is 29.1 Å². The van der Waals surface area contributed by atoms with E-state index in [-0.39, 0.29) is 35.6 Å². The van der Waals surface area contributed by atoms with E-state index in [1.54, 1.807) is 13.2 Å². The summed E-state index contributed by atoms with van der Waals surface area (Å²) in [6.45, 7) is 3.88. The normalized spacial score (nSPS) is 34.0. The number of Topliss-reactive ketones (excluding diaryl/α,β-unsaturated/α-hetero) is 1. The van der Waals surface area contributed by atoms with Gasteiger partial charge in [0, 0.05) is 17.5 Å². The highest BCUT2D eigenvalue weighted by molar-refractivity contribution is 6.01. The van der Waals surface area contributed by atoms with E-state index in [4.69, 9.17) is 4.74 Å². The Balaban J connectivity index is 1.97. The molecule has 0 radical (unpaired) electrons. The summed E-state index contributed by atoms with van der Waals surface area (Å²) in [6.07, 6.45) is 0.402. The maximum Gasteiger partial charge on any atom is 0.213 e. The average Bonchev–Trinajstić information content (AvgIpc) is 2.36. The van der Waals surface area contributed by atoms with Gasteiger partial charge in [0.15, 0.2) is 5.78 Å². The molecule has 0 bridgehead atoms. The molecule has 5 atom stereocenters. The number of hydrogen-bond acceptors (Lipinski definition) is 4. The molecule has 4 heteroatoms. The van der Waals surface area contributed by atoms with Crippen LogP contribution in [0.25, 0.3) is 0 Å². The molecule has 1 aromatic heterocycles. The van der Waals surface area contributed by atoms with Gasteiger partial charge < -0.3 is 9.84 Å². The average molecular weight is 261 g/mol. The minimum atomic E-state index is -0.365. The van der Waals surface area contributed by atoms with E-state index in [1.807, 2.05) is 13.0 Å². The number of aromatic nitrogens is 1. The van der Waals surface area contributed by atoms with Crippen molar-refractivity contribution in [1.29, 1.82) is 0 Å². The van der Waals surface area contributed by atoms with Crippen molar-refractivity contribution in [3.05, 3.63) is 23.4 Å². The van der Waals surface area contributed by atoms with Gasteiger partial charge in [-0.05, 0) is 37.2 Å². The molecule has 0 spiro atoms. The van der Waals surface area contributed by atoms with Crippen LogP contribution in [0.5, 0.6) is 5.88 Å². The summed E-state index contributed by atoms with van der Waals surface area (Å²) >= 11 is 0. The Morgan fingerprint density at radius 1 is 1.47 bits per heavy atom. The van der Waals surface area contributed by atoms with Gasteiger partial charge in [0.05, 0.1) is 18.9 Å². The fourth-order valence-corrected chi connectivity index (χ4v) is 3.98. The Morgan fingerprint density at radius 2 is 2.21 bits per heavy atom. The molecule has 1 saturated carbocycles. The van der Waals surface area contributed by atoms with E-state index in [0.29, 0.717) is 5.88 Å². The second kappa shape index (κ2) is 4.30. The third-order valence-corrected chi connectivity index (χ3v) is 4.84. The second-order valence-corrected chi connectivity index (χ2v) is 5.78. The third kappa shape index (κ3) is 1.70. The molecule has 4 nitrogen and oxygen atoms in total. The first kappa shape index (κ1) is 12.6. The zero-order chi connectivity index (χ0) is 13.7. The predicted molar refractivity (Wildman–Crippen MR) is 70.1 cm³/mol. The molecule has 3 rings (SSSR count). The van der Waals surface area contributed by atoms with Gasteiger partial charge in [0.25, 0.3) is 0 Å². The Bertz CT molecular complexity index is 526. The molecule has 0 saturated heterocycles. The first-order valence-electron chi connectivity index (χ1n) is 6.80. The summed E-state index contributed by atoms with van der Waals surface area (Å²) in [7, 11) is 1.58. The van der Waals surface area contributed by atoms with Gasteiger partial charge in [-0.2, -0.15) is 0 Å². The van der Waals surface area contributed by atoms with Crippen LogP contribution in [0.2, 0.25) is 0 Å². The van der Waals surface area contributed by atoms with Crippen LogP contribution in [0, 0.1) is 23.7 Å². The van der Waals surface area contributed by atoms with Gasteiger partial charge in [-0.15, -0.1) is 0 Å². The summed E-state index contributed by atoms with van der Waals surface area (Å²) in [6, 6.07) is 3.56. The number of aliphatic hydroxyl groups is 1. The zero-order valence-corrected chi connectivity index (χ0v) is 11.5. The SMILES string of the molecule is COc1ccc2c(n1)C[C@H]1[C@@H](C2=O)[C@H](C)[C@H]1C(C)O. The van der Waals surface area contributed by atoms with Crippen molar-refractivity contribution >= 4 is 5.78 Å². The van der Waals surface area contributed by atoms with Crippen molar-refractivity contribution in [2.24, 2.45) is 23.7 Å². The van der Waals surface area contributed by atoms with Crippen LogP contribution in [0.3, 0.4) is 0 Å². The molecular weight excluding hydrogens is 242 g/mol. The molecule has 0 aliphatic heterocycles. The minimum Gasteiger partial charge on any atom is -0.481 e.